The van der Waals surface area contributed by atoms with E-state index in [1.54, 1.807) is 24.6 Å². The van der Waals surface area contributed by atoms with Gasteiger partial charge in [0.2, 0.25) is 5.13 Å². The normalized spacial score (nSPS) is 22.6. The molecule has 0 radical (unpaired) electrons. The Balaban J connectivity index is 1.71. The number of nitrogens with one attached hydrogen (secondary N) is 1. The fourth-order valence-corrected chi connectivity index (χ4v) is 3.36. The highest BCUT2D eigenvalue weighted by atomic mass is 32.1. The zero-order valence-corrected chi connectivity index (χ0v) is 12.3. The van der Waals surface area contributed by atoms with E-state index in [9.17, 15) is 0 Å². The lowest BCUT2D eigenvalue weighted by Gasteiger charge is -2.30. The zero-order chi connectivity index (χ0) is 13.8. The van der Waals surface area contributed by atoms with Crippen LogP contribution in [0, 0.1) is 0 Å². The van der Waals surface area contributed by atoms with Crippen molar-refractivity contribution in [3.8, 4) is 10.7 Å². The highest BCUT2D eigenvalue weighted by molar-refractivity contribution is 7.18. The van der Waals surface area contributed by atoms with Crippen molar-refractivity contribution in [2.75, 3.05) is 12.4 Å². The maximum absolute atomic E-state index is 5.55. The van der Waals surface area contributed by atoms with Gasteiger partial charge in [-0.3, -0.25) is 4.98 Å². The SMILES string of the molecule is CO[C@H]1CCCC[C@@H]1Nc1nnc(-c2ccccn2)s1. The molecule has 1 N–H and O–H groups in total. The van der Waals surface area contributed by atoms with Crippen LogP contribution >= 0.6 is 11.3 Å². The average molecular weight is 290 g/mol. The molecular weight excluding hydrogens is 272 g/mol. The van der Waals surface area contributed by atoms with Crippen LogP contribution in [0.2, 0.25) is 0 Å². The lowest BCUT2D eigenvalue weighted by molar-refractivity contribution is 0.0606. The molecule has 2 atom stereocenters. The average Bonchev–Trinajstić information content (AvgIpc) is 2.97. The molecule has 0 spiro atoms. The summed E-state index contributed by atoms with van der Waals surface area (Å²) in [6.07, 6.45) is 6.75. The van der Waals surface area contributed by atoms with E-state index < -0.39 is 0 Å². The second-order valence-corrected chi connectivity index (χ2v) is 5.91. The molecule has 20 heavy (non-hydrogen) atoms. The number of rotatable bonds is 4. The Kier molecular flexibility index (Phi) is 4.22. The lowest BCUT2D eigenvalue weighted by Crippen LogP contribution is -2.37. The van der Waals surface area contributed by atoms with Crippen LogP contribution in [0.5, 0.6) is 0 Å². The summed E-state index contributed by atoms with van der Waals surface area (Å²) in [4.78, 5) is 4.30. The minimum atomic E-state index is 0.269. The van der Waals surface area contributed by atoms with Gasteiger partial charge in [-0.05, 0) is 25.0 Å². The molecule has 2 aromatic rings. The zero-order valence-electron chi connectivity index (χ0n) is 11.5. The Labute approximate surface area is 122 Å². The summed E-state index contributed by atoms with van der Waals surface area (Å²) in [5, 5.41) is 13.6. The highest BCUT2D eigenvalue weighted by Gasteiger charge is 2.25. The molecule has 1 aliphatic carbocycles. The number of aromatic nitrogens is 3. The summed E-state index contributed by atoms with van der Waals surface area (Å²) in [6.45, 7) is 0. The Hall–Kier alpha value is -1.53. The van der Waals surface area contributed by atoms with E-state index in [0.29, 0.717) is 6.04 Å². The van der Waals surface area contributed by atoms with Crippen molar-refractivity contribution < 1.29 is 4.74 Å². The van der Waals surface area contributed by atoms with Crippen molar-refractivity contribution in [2.45, 2.75) is 37.8 Å². The molecule has 0 saturated heterocycles. The maximum atomic E-state index is 5.55. The molecule has 0 bridgehead atoms. The van der Waals surface area contributed by atoms with Gasteiger partial charge in [-0.2, -0.15) is 0 Å². The summed E-state index contributed by atoms with van der Waals surface area (Å²) in [5.74, 6) is 0. The first-order valence-corrected chi connectivity index (χ1v) is 7.72. The largest absolute Gasteiger partial charge is 0.379 e. The lowest BCUT2D eigenvalue weighted by atomic mass is 9.92. The summed E-state index contributed by atoms with van der Waals surface area (Å²) in [7, 11) is 1.78. The molecule has 5 nitrogen and oxygen atoms in total. The number of pyridine rings is 1. The van der Waals surface area contributed by atoms with E-state index in [4.69, 9.17) is 4.74 Å². The molecule has 0 unspecified atom stereocenters. The van der Waals surface area contributed by atoms with Gasteiger partial charge in [-0.25, -0.2) is 0 Å². The molecule has 1 aliphatic rings. The third-order valence-electron chi connectivity index (χ3n) is 3.62. The minimum Gasteiger partial charge on any atom is -0.379 e. The smallest absolute Gasteiger partial charge is 0.206 e. The third-order valence-corrected chi connectivity index (χ3v) is 4.50. The number of hydrogen-bond donors (Lipinski definition) is 1. The number of anilines is 1. The first-order chi connectivity index (χ1) is 9.86. The van der Waals surface area contributed by atoms with Gasteiger partial charge in [0.15, 0.2) is 5.01 Å². The van der Waals surface area contributed by atoms with E-state index in [1.165, 1.54) is 12.8 Å². The summed E-state index contributed by atoms with van der Waals surface area (Å²) < 4.78 is 5.55. The topological polar surface area (TPSA) is 59.9 Å². The van der Waals surface area contributed by atoms with Crippen LogP contribution in [0.15, 0.2) is 24.4 Å². The van der Waals surface area contributed by atoms with Crippen molar-refractivity contribution in [1.29, 1.82) is 0 Å². The molecule has 2 heterocycles. The van der Waals surface area contributed by atoms with Gasteiger partial charge < -0.3 is 10.1 Å². The van der Waals surface area contributed by atoms with Crippen LogP contribution in [0.3, 0.4) is 0 Å². The maximum Gasteiger partial charge on any atom is 0.206 e. The van der Waals surface area contributed by atoms with Gasteiger partial charge in [-0.15, -0.1) is 10.2 Å². The monoisotopic (exact) mass is 290 g/mol. The van der Waals surface area contributed by atoms with Crippen molar-refractivity contribution in [2.24, 2.45) is 0 Å². The van der Waals surface area contributed by atoms with Crippen LogP contribution in [-0.2, 0) is 4.74 Å². The van der Waals surface area contributed by atoms with Crippen LogP contribution in [0.25, 0.3) is 10.7 Å². The molecule has 2 aromatic heterocycles. The quantitative estimate of drug-likeness (QED) is 0.938. The van der Waals surface area contributed by atoms with Gasteiger partial charge in [0.25, 0.3) is 0 Å². The summed E-state index contributed by atoms with van der Waals surface area (Å²) in [6, 6.07) is 6.13. The minimum absolute atomic E-state index is 0.269. The molecule has 3 rings (SSSR count). The second-order valence-electron chi connectivity index (χ2n) is 4.94. The first kappa shape index (κ1) is 13.5. The summed E-state index contributed by atoms with van der Waals surface area (Å²) >= 11 is 1.54. The van der Waals surface area contributed by atoms with Gasteiger partial charge in [0.1, 0.15) is 5.69 Å². The summed E-state index contributed by atoms with van der Waals surface area (Å²) in [5.41, 5.74) is 0.866. The van der Waals surface area contributed by atoms with Gasteiger partial charge >= 0.3 is 0 Å². The Morgan fingerprint density at radius 2 is 2.15 bits per heavy atom. The van der Waals surface area contributed by atoms with Crippen molar-refractivity contribution in [1.82, 2.24) is 15.2 Å². The Morgan fingerprint density at radius 3 is 2.95 bits per heavy atom. The second kappa shape index (κ2) is 6.28. The standard InChI is InChI=1S/C14H18N4OS/c1-19-12-8-3-2-6-10(12)16-14-18-17-13(20-14)11-7-4-5-9-15-11/h4-5,7,9-10,12H,2-3,6,8H2,1H3,(H,16,18)/t10-,12-/m0/s1. The van der Waals surface area contributed by atoms with Gasteiger partial charge in [-0.1, -0.05) is 30.2 Å². The van der Waals surface area contributed by atoms with Crippen LogP contribution in [0.1, 0.15) is 25.7 Å². The fraction of sp³-hybridized carbons (Fsp3) is 0.500. The van der Waals surface area contributed by atoms with E-state index in [-0.39, 0.29) is 6.10 Å². The molecule has 0 aliphatic heterocycles. The van der Waals surface area contributed by atoms with E-state index >= 15 is 0 Å². The molecule has 6 heteroatoms. The predicted molar refractivity (Wildman–Crippen MR) is 79.8 cm³/mol. The predicted octanol–water partition coefficient (Wildman–Crippen LogP) is 2.97. The van der Waals surface area contributed by atoms with Gasteiger partial charge in [0, 0.05) is 13.3 Å². The van der Waals surface area contributed by atoms with E-state index in [0.717, 1.165) is 28.7 Å². The number of ether oxygens (including phenoxy) is 1. The van der Waals surface area contributed by atoms with E-state index in [1.807, 2.05) is 18.2 Å². The number of methoxy groups -OCH3 is 1. The molecule has 106 valence electrons. The molecule has 1 fully saturated rings. The molecule has 1 saturated carbocycles. The molecular formula is C14H18N4OS. The highest BCUT2D eigenvalue weighted by Crippen LogP contribution is 2.28. The van der Waals surface area contributed by atoms with Gasteiger partial charge in [0.05, 0.1) is 12.1 Å². The number of nitrogens with zero attached hydrogens (tertiary/aromatic N) is 3. The molecule has 0 aromatic carbocycles. The van der Waals surface area contributed by atoms with Crippen molar-refractivity contribution in [3.05, 3.63) is 24.4 Å². The third kappa shape index (κ3) is 2.96. The Bertz CT molecular complexity index is 545. The fourth-order valence-electron chi connectivity index (χ4n) is 2.58. The van der Waals surface area contributed by atoms with E-state index in [2.05, 4.69) is 20.5 Å². The van der Waals surface area contributed by atoms with Crippen LogP contribution in [0.4, 0.5) is 5.13 Å². The van der Waals surface area contributed by atoms with Crippen LogP contribution < -0.4 is 5.32 Å². The first-order valence-electron chi connectivity index (χ1n) is 6.91. The Morgan fingerprint density at radius 1 is 1.25 bits per heavy atom. The molecule has 0 amide bonds. The van der Waals surface area contributed by atoms with Crippen molar-refractivity contribution in [3.63, 3.8) is 0 Å². The van der Waals surface area contributed by atoms with Crippen molar-refractivity contribution >= 4 is 16.5 Å². The van der Waals surface area contributed by atoms with Crippen LogP contribution in [-0.4, -0.2) is 34.4 Å². The number of hydrogen-bond acceptors (Lipinski definition) is 6.